The van der Waals surface area contributed by atoms with E-state index in [1.165, 1.54) is 0 Å². The van der Waals surface area contributed by atoms with Crippen LogP contribution in [0.5, 0.6) is 0 Å². The minimum atomic E-state index is -0.848. The topological polar surface area (TPSA) is 75.7 Å². The lowest BCUT2D eigenvalue weighted by atomic mass is 9.98. The fourth-order valence-corrected chi connectivity index (χ4v) is 3.51. The predicted molar refractivity (Wildman–Crippen MR) is 96.2 cm³/mol. The highest BCUT2D eigenvalue weighted by Crippen LogP contribution is 2.31. The monoisotopic (exact) mass is 350 g/mol. The summed E-state index contributed by atoms with van der Waals surface area (Å²) in [6.07, 6.45) is 0.265. The quantitative estimate of drug-likeness (QED) is 0.844. The van der Waals surface area contributed by atoms with Gasteiger partial charge < -0.3 is 15.0 Å². The summed E-state index contributed by atoms with van der Waals surface area (Å²) in [4.78, 5) is 37.9. The summed E-state index contributed by atoms with van der Waals surface area (Å²) < 4.78 is 5.28. The van der Waals surface area contributed by atoms with Gasteiger partial charge in [-0.15, -0.1) is 0 Å². The Balaban J connectivity index is 1.50. The van der Waals surface area contributed by atoms with Crippen molar-refractivity contribution in [3.8, 4) is 0 Å². The van der Waals surface area contributed by atoms with Crippen molar-refractivity contribution in [2.24, 2.45) is 0 Å². The summed E-state index contributed by atoms with van der Waals surface area (Å²) >= 11 is 0. The van der Waals surface area contributed by atoms with Crippen LogP contribution in [0.2, 0.25) is 0 Å². The van der Waals surface area contributed by atoms with Gasteiger partial charge in [0.25, 0.3) is 5.91 Å². The molecule has 0 saturated heterocycles. The van der Waals surface area contributed by atoms with Gasteiger partial charge in [0.2, 0.25) is 5.91 Å². The molecular weight excluding hydrogens is 332 g/mol. The van der Waals surface area contributed by atoms with E-state index >= 15 is 0 Å². The number of benzene rings is 2. The lowest BCUT2D eigenvalue weighted by molar-refractivity contribution is -0.125. The number of esters is 1. The zero-order chi connectivity index (χ0) is 18.3. The molecule has 0 fully saturated rings. The minimum absolute atomic E-state index is 0.00770. The van der Waals surface area contributed by atoms with Crippen LogP contribution in [-0.4, -0.2) is 30.4 Å². The Morgan fingerprint density at radius 2 is 1.96 bits per heavy atom. The van der Waals surface area contributed by atoms with Gasteiger partial charge in [-0.25, -0.2) is 4.79 Å². The summed E-state index contributed by atoms with van der Waals surface area (Å²) in [7, 11) is 0. The maximum atomic E-state index is 12.5. The second-order valence-corrected chi connectivity index (χ2v) is 6.51. The number of anilines is 2. The fraction of sp³-hybridized carbons (Fsp3) is 0.250. The molecule has 132 valence electrons. The number of nitrogens with zero attached hydrogens (tertiary/aromatic N) is 1. The van der Waals surface area contributed by atoms with Crippen LogP contribution in [-0.2, 0) is 27.2 Å². The molecule has 2 aliphatic rings. The van der Waals surface area contributed by atoms with Crippen LogP contribution in [0.3, 0.4) is 0 Å². The first-order valence-corrected chi connectivity index (χ1v) is 8.54. The number of hydrogen-bond donors (Lipinski definition) is 1. The molecule has 26 heavy (non-hydrogen) atoms. The number of cyclic esters (lactones) is 1. The second-order valence-electron chi connectivity index (χ2n) is 6.51. The minimum Gasteiger partial charge on any atom is -0.448 e. The van der Waals surface area contributed by atoms with Crippen molar-refractivity contribution < 1.29 is 19.1 Å². The van der Waals surface area contributed by atoms with Crippen molar-refractivity contribution >= 4 is 29.2 Å². The molecule has 0 bridgehead atoms. The molecule has 2 aromatic carbocycles. The van der Waals surface area contributed by atoms with Crippen molar-refractivity contribution in [1.29, 1.82) is 0 Å². The molecule has 0 aromatic heterocycles. The van der Waals surface area contributed by atoms with Crippen LogP contribution in [0.15, 0.2) is 42.5 Å². The summed E-state index contributed by atoms with van der Waals surface area (Å²) in [6.45, 7) is 2.19. The number of nitrogens with one attached hydrogen (secondary N) is 1. The van der Waals surface area contributed by atoms with E-state index in [1.54, 1.807) is 30.0 Å². The van der Waals surface area contributed by atoms with Crippen LogP contribution < -0.4 is 10.2 Å². The molecule has 2 amide bonds. The summed E-state index contributed by atoms with van der Waals surface area (Å²) in [5.74, 6) is -0.819. The molecule has 6 nitrogen and oxygen atoms in total. The van der Waals surface area contributed by atoms with Crippen LogP contribution in [0.25, 0.3) is 0 Å². The van der Waals surface area contributed by atoms with Crippen molar-refractivity contribution in [3.05, 3.63) is 59.2 Å². The predicted octanol–water partition coefficient (Wildman–Crippen LogP) is 2.32. The van der Waals surface area contributed by atoms with E-state index in [-0.39, 0.29) is 11.8 Å². The lowest BCUT2D eigenvalue weighted by Gasteiger charge is -2.24. The maximum absolute atomic E-state index is 12.5. The molecule has 0 unspecified atom stereocenters. The Bertz CT molecular complexity index is 922. The Kier molecular flexibility index (Phi) is 3.95. The van der Waals surface area contributed by atoms with E-state index in [0.29, 0.717) is 24.2 Å². The molecule has 0 radical (unpaired) electrons. The van der Waals surface area contributed by atoms with Crippen LogP contribution in [0.1, 0.15) is 28.4 Å². The van der Waals surface area contributed by atoms with E-state index in [9.17, 15) is 14.4 Å². The fourth-order valence-electron chi connectivity index (χ4n) is 3.51. The molecule has 0 saturated carbocycles. The van der Waals surface area contributed by atoms with E-state index in [0.717, 1.165) is 23.2 Å². The molecule has 6 heteroatoms. The first-order chi connectivity index (χ1) is 12.5. The van der Waals surface area contributed by atoms with Crippen molar-refractivity contribution in [2.75, 3.05) is 16.8 Å². The number of rotatable bonds is 2. The number of amides is 2. The average molecular weight is 350 g/mol. The van der Waals surface area contributed by atoms with Crippen molar-refractivity contribution in [1.82, 2.24) is 0 Å². The summed E-state index contributed by atoms with van der Waals surface area (Å²) in [6, 6.07) is 12.6. The first-order valence-electron chi connectivity index (χ1n) is 8.54. The Hall–Kier alpha value is -3.15. The number of ether oxygens (including phenoxy) is 1. The Labute approximate surface area is 150 Å². The zero-order valence-electron chi connectivity index (χ0n) is 14.3. The summed E-state index contributed by atoms with van der Waals surface area (Å²) in [5, 5.41) is 2.82. The standard InChI is InChI=1S/C20H18N2O4/c1-12(23)22-9-8-14-10-15(6-7-17(14)22)21-19(24)18-11-13-4-2-3-5-16(13)20(25)26-18/h2-7,10,18H,8-9,11H2,1H3,(H,21,24)/t18-/m1/s1. The van der Waals surface area contributed by atoms with E-state index in [1.807, 2.05) is 24.3 Å². The second kappa shape index (κ2) is 6.29. The molecular formula is C20H18N2O4. The molecule has 0 aliphatic carbocycles. The normalized spacial score (nSPS) is 18.0. The SMILES string of the molecule is CC(=O)N1CCc2cc(NC(=O)[C@H]3Cc4ccccc4C(=O)O3)ccc21. The number of carbonyl (C=O) groups is 3. The Morgan fingerprint density at radius 3 is 2.77 bits per heavy atom. The highest BCUT2D eigenvalue weighted by Gasteiger charge is 2.31. The third-order valence-electron chi connectivity index (χ3n) is 4.81. The van der Waals surface area contributed by atoms with Gasteiger partial charge in [0.1, 0.15) is 0 Å². The highest BCUT2D eigenvalue weighted by molar-refractivity contribution is 6.00. The van der Waals surface area contributed by atoms with Gasteiger partial charge in [-0.05, 0) is 41.8 Å². The number of carbonyl (C=O) groups excluding carboxylic acids is 3. The smallest absolute Gasteiger partial charge is 0.339 e. The van der Waals surface area contributed by atoms with Crippen LogP contribution in [0, 0.1) is 0 Å². The third kappa shape index (κ3) is 2.83. The van der Waals surface area contributed by atoms with Gasteiger partial charge in [-0.3, -0.25) is 9.59 Å². The molecule has 2 aromatic rings. The van der Waals surface area contributed by atoms with E-state index < -0.39 is 12.1 Å². The van der Waals surface area contributed by atoms with Crippen LogP contribution >= 0.6 is 0 Å². The highest BCUT2D eigenvalue weighted by atomic mass is 16.5. The average Bonchev–Trinajstić information content (AvgIpc) is 3.05. The zero-order valence-corrected chi connectivity index (χ0v) is 14.3. The summed E-state index contributed by atoms with van der Waals surface area (Å²) in [5.41, 5.74) is 3.86. The first kappa shape index (κ1) is 16.3. The van der Waals surface area contributed by atoms with Crippen molar-refractivity contribution in [2.45, 2.75) is 25.9 Å². The molecule has 2 aliphatic heterocycles. The Morgan fingerprint density at radius 1 is 1.15 bits per heavy atom. The molecule has 0 spiro atoms. The van der Waals surface area contributed by atoms with Gasteiger partial charge in [0, 0.05) is 31.3 Å². The van der Waals surface area contributed by atoms with Gasteiger partial charge in [-0.1, -0.05) is 18.2 Å². The molecule has 1 N–H and O–H groups in total. The third-order valence-corrected chi connectivity index (χ3v) is 4.81. The molecule has 2 heterocycles. The number of fused-ring (bicyclic) bond motifs is 2. The van der Waals surface area contributed by atoms with Gasteiger partial charge in [-0.2, -0.15) is 0 Å². The van der Waals surface area contributed by atoms with E-state index in [2.05, 4.69) is 5.32 Å². The maximum Gasteiger partial charge on any atom is 0.339 e. The van der Waals surface area contributed by atoms with E-state index in [4.69, 9.17) is 4.74 Å². The van der Waals surface area contributed by atoms with Gasteiger partial charge >= 0.3 is 5.97 Å². The lowest BCUT2D eigenvalue weighted by Crippen LogP contribution is -2.37. The number of hydrogen-bond acceptors (Lipinski definition) is 4. The largest absolute Gasteiger partial charge is 0.448 e. The molecule has 4 rings (SSSR count). The van der Waals surface area contributed by atoms with Gasteiger partial charge in [0.15, 0.2) is 6.10 Å². The van der Waals surface area contributed by atoms with Crippen LogP contribution in [0.4, 0.5) is 11.4 Å². The van der Waals surface area contributed by atoms with Crippen molar-refractivity contribution in [3.63, 3.8) is 0 Å². The molecule has 1 atom stereocenters. The van der Waals surface area contributed by atoms with Gasteiger partial charge in [0.05, 0.1) is 5.56 Å².